The van der Waals surface area contributed by atoms with Crippen molar-refractivity contribution in [2.24, 2.45) is 0 Å². The summed E-state index contributed by atoms with van der Waals surface area (Å²) in [5.41, 5.74) is 4.90. The van der Waals surface area contributed by atoms with E-state index in [1.807, 2.05) is 18.2 Å². The molecule has 1 unspecified atom stereocenters. The highest BCUT2D eigenvalue weighted by Gasteiger charge is 2.35. The van der Waals surface area contributed by atoms with E-state index in [1.54, 1.807) is 21.3 Å². The number of rotatable bonds is 4. The molecule has 0 amide bonds. The number of hydrogen-bond donors (Lipinski definition) is 0. The zero-order valence-corrected chi connectivity index (χ0v) is 16.7. The first-order valence-electron chi connectivity index (χ1n) is 9.41. The molecular formula is C22H25NO5. The Morgan fingerprint density at radius 3 is 2.46 bits per heavy atom. The molecule has 0 saturated heterocycles. The van der Waals surface area contributed by atoms with E-state index in [4.69, 9.17) is 18.9 Å². The van der Waals surface area contributed by atoms with Gasteiger partial charge in [-0.2, -0.15) is 0 Å². The predicted octanol–water partition coefficient (Wildman–Crippen LogP) is 3.29. The predicted molar refractivity (Wildman–Crippen MR) is 104 cm³/mol. The van der Waals surface area contributed by atoms with Gasteiger partial charge in [0.2, 0.25) is 0 Å². The van der Waals surface area contributed by atoms with Gasteiger partial charge in [-0.25, -0.2) is 0 Å². The Morgan fingerprint density at radius 2 is 1.79 bits per heavy atom. The molecule has 0 radical (unpaired) electrons. The van der Waals surface area contributed by atoms with E-state index in [-0.39, 0.29) is 12.0 Å². The molecule has 1 atom stereocenters. The summed E-state index contributed by atoms with van der Waals surface area (Å²) in [6.07, 6.45) is 1.79. The van der Waals surface area contributed by atoms with Crippen LogP contribution in [0, 0.1) is 0 Å². The van der Waals surface area contributed by atoms with Gasteiger partial charge in [-0.15, -0.1) is 0 Å². The Morgan fingerprint density at radius 1 is 1.00 bits per heavy atom. The molecule has 0 N–H and O–H groups in total. The summed E-state index contributed by atoms with van der Waals surface area (Å²) < 4.78 is 22.0. The summed E-state index contributed by atoms with van der Waals surface area (Å²) in [5.74, 6) is 2.31. The van der Waals surface area contributed by atoms with E-state index in [2.05, 4.69) is 11.0 Å². The average Bonchev–Trinajstić information content (AvgIpc) is 2.70. The van der Waals surface area contributed by atoms with Gasteiger partial charge in [0.1, 0.15) is 0 Å². The minimum absolute atomic E-state index is 0.231. The minimum Gasteiger partial charge on any atom is -0.493 e. The number of hydrogen-bond acceptors (Lipinski definition) is 6. The fraction of sp³-hybridized carbons (Fsp3) is 0.409. The lowest BCUT2D eigenvalue weighted by Gasteiger charge is -2.42. The van der Waals surface area contributed by atoms with Crippen molar-refractivity contribution in [3.8, 4) is 23.0 Å². The molecule has 28 heavy (non-hydrogen) atoms. The zero-order chi connectivity index (χ0) is 19.8. The first-order valence-corrected chi connectivity index (χ1v) is 9.41. The molecule has 2 aliphatic heterocycles. The van der Waals surface area contributed by atoms with Gasteiger partial charge in [0.15, 0.2) is 23.0 Å². The largest absolute Gasteiger partial charge is 0.493 e. The van der Waals surface area contributed by atoms with Gasteiger partial charge in [-0.3, -0.25) is 9.69 Å². The summed E-state index contributed by atoms with van der Waals surface area (Å²) >= 11 is 0. The fourth-order valence-electron chi connectivity index (χ4n) is 4.39. The smallest absolute Gasteiger partial charge is 0.308 e. The number of ether oxygens (including phenoxy) is 4. The van der Waals surface area contributed by atoms with Crippen LogP contribution in [0.5, 0.6) is 23.0 Å². The third-order valence-corrected chi connectivity index (χ3v) is 5.67. The monoisotopic (exact) mass is 383 g/mol. The molecule has 6 nitrogen and oxygen atoms in total. The first-order chi connectivity index (χ1) is 13.5. The van der Waals surface area contributed by atoms with Crippen molar-refractivity contribution in [1.29, 1.82) is 0 Å². The Hall–Kier alpha value is -2.73. The van der Waals surface area contributed by atoms with Crippen molar-refractivity contribution in [3.63, 3.8) is 0 Å². The van der Waals surface area contributed by atoms with Gasteiger partial charge in [0, 0.05) is 31.6 Å². The van der Waals surface area contributed by atoms with Gasteiger partial charge in [-0.05, 0) is 47.7 Å². The summed E-state index contributed by atoms with van der Waals surface area (Å²) in [4.78, 5) is 14.0. The number of methoxy groups -OCH3 is 3. The highest BCUT2D eigenvalue weighted by Crippen LogP contribution is 2.45. The standard InChI is InChI=1S/C22H25NO5/c1-13(24)28-21-11-16-15(10-20(21)26-3)7-8-23-12-17-14(9-18(16)23)5-6-19(25-2)22(17)27-4/h5-6,10-11,18H,7-9,12H2,1-4H3. The molecule has 2 aromatic rings. The molecule has 0 spiro atoms. The van der Waals surface area contributed by atoms with Crippen LogP contribution in [0.3, 0.4) is 0 Å². The number of benzene rings is 2. The quantitative estimate of drug-likeness (QED) is 0.597. The highest BCUT2D eigenvalue weighted by molar-refractivity contribution is 5.71. The van der Waals surface area contributed by atoms with Crippen molar-refractivity contribution in [2.75, 3.05) is 27.9 Å². The molecule has 0 aliphatic carbocycles. The summed E-state index contributed by atoms with van der Waals surface area (Å²) in [5, 5.41) is 0. The second-order valence-electron chi connectivity index (χ2n) is 7.17. The van der Waals surface area contributed by atoms with Crippen molar-refractivity contribution >= 4 is 5.97 Å². The summed E-state index contributed by atoms with van der Waals surface area (Å²) in [7, 11) is 4.95. The lowest BCUT2D eigenvalue weighted by Crippen LogP contribution is -2.39. The normalized spacial score (nSPS) is 17.8. The molecule has 2 heterocycles. The Balaban J connectivity index is 1.75. The molecule has 0 aromatic heterocycles. The molecular weight excluding hydrogens is 358 g/mol. The van der Waals surface area contributed by atoms with E-state index < -0.39 is 0 Å². The van der Waals surface area contributed by atoms with Crippen molar-refractivity contribution in [2.45, 2.75) is 32.4 Å². The second kappa shape index (κ2) is 7.36. The van der Waals surface area contributed by atoms with Crippen LogP contribution in [0.15, 0.2) is 24.3 Å². The molecule has 6 heteroatoms. The number of carbonyl (C=O) groups excluding carboxylic acids is 1. The molecule has 0 fully saturated rings. The number of carbonyl (C=O) groups is 1. The van der Waals surface area contributed by atoms with Gasteiger partial charge in [0.05, 0.1) is 21.3 Å². The number of fused-ring (bicyclic) bond motifs is 4. The van der Waals surface area contributed by atoms with Gasteiger partial charge in [-0.1, -0.05) is 6.07 Å². The third kappa shape index (κ3) is 3.07. The molecule has 148 valence electrons. The molecule has 4 rings (SSSR count). The number of esters is 1. The van der Waals surface area contributed by atoms with Crippen LogP contribution < -0.4 is 18.9 Å². The van der Waals surface area contributed by atoms with E-state index in [0.29, 0.717) is 11.5 Å². The van der Waals surface area contributed by atoms with Crippen molar-refractivity contribution in [1.82, 2.24) is 4.90 Å². The molecule has 0 bridgehead atoms. The van der Waals surface area contributed by atoms with Gasteiger partial charge in [0.25, 0.3) is 0 Å². The van der Waals surface area contributed by atoms with Crippen molar-refractivity contribution < 1.29 is 23.7 Å². The Bertz CT molecular complexity index is 924. The summed E-state index contributed by atoms with van der Waals surface area (Å²) in [6, 6.07) is 8.30. The van der Waals surface area contributed by atoms with Crippen LogP contribution in [-0.4, -0.2) is 38.7 Å². The Labute approximate surface area is 165 Å². The molecule has 0 saturated carbocycles. The van der Waals surface area contributed by atoms with Gasteiger partial charge < -0.3 is 18.9 Å². The van der Waals surface area contributed by atoms with Crippen LogP contribution in [0.1, 0.15) is 35.2 Å². The van der Waals surface area contributed by atoms with E-state index in [9.17, 15) is 4.79 Å². The lowest BCUT2D eigenvalue weighted by molar-refractivity contribution is -0.132. The second-order valence-corrected chi connectivity index (χ2v) is 7.17. The van der Waals surface area contributed by atoms with Crippen LogP contribution in [0.25, 0.3) is 0 Å². The number of nitrogens with zero attached hydrogens (tertiary/aromatic N) is 1. The molecule has 2 aromatic carbocycles. The fourth-order valence-corrected chi connectivity index (χ4v) is 4.39. The van der Waals surface area contributed by atoms with Crippen LogP contribution >= 0.6 is 0 Å². The van der Waals surface area contributed by atoms with Gasteiger partial charge >= 0.3 is 5.97 Å². The SMILES string of the molecule is COc1cc2c(cc1OC(C)=O)C1Cc3ccc(OC)c(OC)c3CN1CC2. The minimum atomic E-state index is -0.350. The maximum absolute atomic E-state index is 11.5. The summed E-state index contributed by atoms with van der Waals surface area (Å²) in [6.45, 7) is 3.16. The maximum Gasteiger partial charge on any atom is 0.308 e. The zero-order valence-electron chi connectivity index (χ0n) is 16.7. The highest BCUT2D eigenvalue weighted by atomic mass is 16.6. The van der Waals surface area contributed by atoms with Crippen molar-refractivity contribution in [3.05, 3.63) is 46.5 Å². The molecule has 2 aliphatic rings. The average molecular weight is 383 g/mol. The van der Waals surface area contributed by atoms with Crippen LogP contribution in [0.4, 0.5) is 0 Å². The van der Waals surface area contributed by atoms with Crippen LogP contribution in [-0.2, 0) is 24.2 Å². The van der Waals surface area contributed by atoms with Crippen LogP contribution in [0.2, 0.25) is 0 Å². The Kier molecular flexibility index (Phi) is 4.89. The van der Waals surface area contributed by atoms with E-state index >= 15 is 0 Å². The van der Waals surface area contributed by atoms with E-state index in [0.717, 1.165) is 37.4 Å². The maximum atomic E-state index is 11.5. The lowest BCUT2D eigenvalue weighted by atomic mass is 9.83. The topological polar surface area (TPSA) is 57.2 Å². The van der Waals surface area contributed by atoms with E-state index in [1.165, 1.54) is 29.2 Å². The first kappa shape index (κ1) is 18.6. The third-order valence-electron chi connectivity index (χ3n) is 5.67.